The van der Waals surface area contributed by atoms with Crippen LogP contribution in [-0.2, 0) is 15.9 Å². The Labute approximate surface area is 194 Å². The molecule has 164 valence electrons. The van der Waals surface area contributed by atoms with Crippen molar-refractivity contribution < 1.29 is 22.2 Å². The largest absolute Gasteiger partial charge is 0.435 e. The zero-order valence-corrected chi connectivity index (χ0v) is 19.0. The molecule has 1 atom stereocenters. The predicted octanol–water partition coefficient (Wildman–Crippen LogP) is 6.20. The number of hydrogen-bond donors (Lipinski definition) is 0. The normalized spacial score (nSPS) is 13.7. The first-order chi connectivity index (χ1) is 14.3. The number of carbonyl (C=O) groups is 1. The molecule has 1 aromatic heterocycles. The van der Waals surface area contributed by atoms with Gasteiger partial charge < -0.3 is 0 Å². The number of alkyl halides is 3. The summed E-state index contributed by atoms with van der Waals surface area (Å²) in [6, 6.07) is 7.77. The summed E-state index contributed by atoms with van der Waals surface area (Å²) in [5.41, 5.74) is -2.90. The number of benzene rings is 2. The fraction of sp³-hybridized carbons (Fsp3) is 0.118. The summed E-state index contributed by atoms with van der Waals surface area (Å²) >= 11 is 23.7. The van der Waals surface area contributed by atoms with Crippen LogP contribution in [0, 0.1) is 0 Å². The van der Waals surface area contributed by atoms with Crippen LogP contribution < -0.4 is 0 Å². The molecule has 0 aliphatic rings. The zero-order valence-electron chi connectivity index (χ0n) is 15.1. The number of halogens is 7. The van der Waals surface area contributed by atoms with Gasteiger partial charge in [-0.1, -0.05) is 57.7 Å². The summed E-state index contributed by atoms with van der Waals surface area (Å²) in [5.74, 6) is -1.52. The van der Waals surface area contributed by atoms with E-state index in [0.717, 1.165) is 18.4 Å². The smallest absolute Gasteiger partial charge is 0.264 e. The molecule has 31 heavy (non-hydrogen) atoms. The van der Waals surface area contributed by atoms with E-state index in [1.165, 1.54) is 24.3 Å². The second kappa shape index (κ2) is 8.59. The Kier molecular flexibility index (Phi) is 6.60. The lowest BCUT2D eigenvalue weighted by Crippen LogP contribution is -2.18. The van der Waals surface area contributed by atoms with Crippen molar-refractivity contribution in [1.29, 1.82) is 0 Å². The third kappa shape index (κ3) is 4.98. The molecule has 0 saturated carbocycles. The van der Waals surface area contributed by atoms with Gasteiger partial charge in [0.1, 0.15) is 0 Å². The third-order valence-electron chi connectivity index (χ3n) is 3.79. The minimum absolute atomic E-state index is 0.0358. The van der Waals surface area contributed by atoms with Gasteiger partial charge in [0, 0.05) is 16.3 Å². The Hall–Kier alpha value is -1.85. The molecule has 0 radical (unpaired) electrons. The Morgan fingerprint density at radius 1 is 1.06 bits per heavy atom. The average Bonchev–Trinajstić information content (AvgIpc) is 3.05. The number of rotatable bonds is 3. The van der Waals surface area contributed by atoms with E-state index in [2.05, 4.69) is 14.7 Å². The summed E-state index contributed by atoms with van der Waals surface area (Å²) in [5, 5.41) is 6.65. The maximum Gasteiger partial charge on any atom is 0.435 e. The van der Waals surface area contributed by atoms with Crippen molar-refractivity contribution in [1.82, 2.24) is 15.0 Å². The molecule has 6 nitrogen and oxygen atoms in total. The van der Waals surface area contributed by atoms with Gasteiger partial charge in [-0.15, -0.1) is 5.10 Å². The maximum atomic E-state index is 13.8. The van der Waals surface area contributed by atoms with E-state index < -0.39 is 33.2 Å². The molecule has 1 heterocycles. The maximum absolute atomic E-state index is 13.8. The molecule has 0 bridgehead atoms. The standard InChI is InChI=1S/C17H9Cl4F3N4O2S/c1-31(30,14-11(20)3-2-4-12(14)21)26-16(29)13-15(17(22,23)24)28(27-25-13)10-6-8(18)5-9(19)7-10/h2-7H,1H3. The van der Waals surface area contributed by atoms with E-state index >= 15 is 0 Å². The Balaban J connectivity index is 2.20. The predicted molar refractivity (Wildman–Crippen MR) is 112 cm³/mol. The molecule has 14 heteroatoms. The highest BCUT2D eigenvalue weighted by Gasteiger charge is 2.42. The molecule has 2 aromatic carbocycles. The lowest BCUT2D eigenvalue weighted by molar-refractivity contribution is -0.143. The summed E-state index contributed by atoms with van der Waals surface area (Å²) in [4.78, 5) is 12.4. The van der Waals surface area contributed by atoms with Crippen LogP contribution in [0.2, 0.25) is 20.1 Å². The third-order valence-corrected chi connectivity index (χ3v) is 6.79. The number of aromatic nitrogens is 3. The van der Waals surface area contributed by atoms with Crippen LogP contribution in [0.15, 0.2) is 45.7 Å². The minimum atomic E-state index is -5.07. The molecule has 1 amide bonds. The molecule has 0 aliphatic heterocycles. The van der Waals surface area contributed by atoms with Crippen molar-refractivity contribution in [2.24, 2.45) is 4.36 Å². The zero-order chi connectivity index (χ0) is 23.1. The van der Waals surface area contributed by atoms with E-state index in [4.69, 9.17) is 46.4 Å². The number of amides is 1. The van der Waals surface area contributed by atoms with Crippen molar-refractivity contribution in [3.8, 4) is 5.69 Å². The van der Waals surface area contributed by atoms with Gasteiger partial charge in [0.25, 0.3) is 0 Å². The first-order valence-corrected chi connectivity index (χ1v) is 11.4. The fourth-order valence-corrected chi connectivity index (χ4v) is 5.74. The summed E-state index contributed by atoms with van der Waals surface area (Å²) in [6.07, 6.45) is -4.05. The second-order valence-electron chi connectivity index (χ2n) is 6.07. The Bertz CT molecular complexity index is 1280. The topological polar surface area (TPSA) is 77.2 Å². The van der Waals surface area contributed by atoms with E-state index in [-0.39, 0.29) is 30.7 Å². The molecule has 0 saturated heterocycles. The van der Waals surface area contributed by atoms with Gasteiger partial charge >= 0.3 is 12.1 Å². The van der Waals surface area contributed by atoms with E-state index in [1.807, 2.05) is 0 Å². The van der Waals surface area contributed by atoms with E-state index in [9.17, 15) is 22.2 Å². The van der Waals surface area contributed by atoms with Gasteiger partial charge in [-0.2, -0.15) is 17.5 Å². The average molecular weight is 532 g/mol. The molecular formula is C17H9Cl4F3N4O2S. The lowest BCUT2D eigenvalue weighted by atomic mass is 10.2. The monoisotopic (exact) mass is 530 g/mol. The van der Waals surface area contributed by atoms with Crippen LogP contribution in [0.3, 0.4) is 0 Å². The van der Waals surface area contributed by atoms with E-state index in [1.54, 1.807) is 0 Å². The minimum Gasteiger partial charge on any atom is -0.264 e. The SMILES string of the molecule is CS(=O)(=NC(=O)c1nnn(-c2cc(Cl)cc(Cl)c2)c1C(F)(F)F)c1c(Cl)cccc1Cl. The van der Waals surface area contributed by atoms with Gasteiger partial charge in [0.05, 0.1) is 30.4 Å². The number of carbonyl (C=O) groups excluding carboxylic acids is 1. The highest BCUT2D eigenvalue weighted by molar-refractivity contribution is 7.93. The molecule has 0 aliphatic carbocycles. The van der Waals surface area contributed by atoms with Gasteiger partial charge in [-0.3, -0.25) is 4.79 Å². The lowest BCUT2D eigenvalue weighted by Gasteiger charge is -2.11. The summed E-state index contributed by atoms with van der Waals surface area (Å²) in [6.45, 7) is 0. The summed E-state index contributed by atoms with van der Waals surface area (Å²) < 4.78 is 58.2. The first kappa shape index (κ1) is 23.8. The molecule has 1 unspecified atom stereocenters. The molecule has 0 N–H and O–H groups in total. The first-order valence-electron chi connectivity index (χ1n) is 8.01. The second-order valence-corrected chi connectivity index (χ2v) is 9.96. The fourth-order valence-electron chi connectivity index (χ4n) is 2.61. The molecular weight excluding hydrogens is 523 g/mol. The molecule has 3 rings (SSSR count). The van der Waals surface area contributed by atoms with Crippen molar-refractivity contribution in [2.75, 3.05) is 6.26 Å². The number of nitrogens with zero attached hydrogens (tertiary/aromatic N) is 4. The summed E-state index contributed by atoms with van der Waals surface area (Å²) in [7, 11) is -3.63. The van der Waals surface area contributed by atoms with Gasteiger partial charge in [-0.25, -0.2) is 8.89 Å². The van der Waals surface area contributed by atoms with Gasteiger partial charge in [0.15, 0.2) is 11.4 Å². The van der Waals surface area contributed by atoms with Crippen LogP contribution in [0.25, 0.3) is 5.69 Å². The number of hydrogen-bond acceptors (Lipinski definition) is 4. The Morgan fingerprint density at radius 3 is 2.13 bits per heavy atom. The van der Waals surface area contributed by atoms with Crippen LogP contribution in [0.5, 0.6) is 0 Å². The molecule has 3 aromatic rings. The quantitative estimate of drug-likeness (QED) is 0.403. The highest BCUT2D eigenvalue weighted by atomic mass is 35.5. The van der Waals surface area contributed by atoms with E-state index in [0.29, 0.717) is 4.68 Å². The van der Waals surface area contributed by atoms with Crippen LogP contribution in [0.4, 0.5) is 13.2 Å². The van der Waals surface area contributed by atoms with Crippen molar-refractivity contribution in [3.05, 3.63) is 67.9 Å². The van der Waals surface area contributed by atoms with Crippen LogP contribution >= 0.6 is 46.4 Å². The van der Waals surface area contributed by atoms with Crippen LogP contribution in [-0.4, -0.2) is 31.4 Å². The molecule has 0 fully saturated rings. The van der Waals surface area contributed by atoms with Crippen molar-refractivity contribution in [3.63, 3.8) is 0 Å². The Morgan fingerprint density at radius 2 is 1.61 bits per heavy atom. The van der Waals surface area contributed by atoms with Crippen molar-refractivity contribution in [2.45, 2.75) is 11.1 Å². The van der Waals surface area contributed by atoms with Crippen molar-refractivity contribution >= 4 is 62.0 Å². The van der Waals surface area contributed by atoms with Gasteiger partial charge in [-0.05, 0) is 30.3 Å². The highest BCUT2D eigenvalue weighted by Crippen LogP contribution is 2.35. The van der Waals surface area contributed by atoms with Gasteiger partial charge in [0.2, 0.25) is 0 Å². The van der Waals surface area contributed by atoms with Crippen LogP contribution in [0.1, 0.15) is 16.2 Å². The molecule has 0 spiro atoms.